The predicted octanol–water partition coefficient (Wildman–Crippen LogP) is 4.32. The number of alkyl halides is 3. The van der Waals surface area contributed by atoms with Crippen LogP contribution >= 0.6 is 0 Å². The number of pyridine rings is 2. The van der Waals surface area contributed by atoms with E-state index in [4.69, 9.17) is 9.26 Å². The number of ether oxygens (including phenoxy) is 1. The maximum absolute atomic E-state index is 14.3. The molecule has 0 aliphatic rings. The summed E-state index contributed by atoms with van der Waals surface area (Å²) in [7, 11) is 0. The third-order valence-corrected chi connectivity index (χ3v) is 4.39. The van der Waals surface area contributed by atoms with Crippen LogP contribution in [0.1, 0.15) is 23.0 Å². The van der Waals surface area contributed by atoms with Crippen LogP contribution in [0.5, 0.6) is 0 Å². The zero-order valence-electron chi connectivity index (χ0n) is 16.3. The lowest BCUT2D eigenvalue weighted by molar-refractivity contribution is -0.142. The number of hydrogen-bond acceptors (Lipinski definition) is 7. The van der Waals surface area contributed by atoms with Crippen molar-refractivity contribution in [1.82, 2.24) is 24.9 Å². The molecule has 0 N–H and O–H groups in total. The van der Waals surface area contributed by atoms with Crippen LogP contribution in [0.2, 0.25) is 0 Å². The predicted molar refractivity (Wildman–Crippen MR) is 101 cm³/mol. The summed E-state index contributed by atoms with van der Waals surface area (Å²) in [6.45, 7) is 1.44. The van der Waals surface area contributed by atoms with E-state index in [1.54, 1.807) is 0 Å². The fourth-order valence-corrected chi connectivity index (χ4v) is 3.09. The van der Waals surface area contributed by atoms with Crippen LogP contribution in [0.15, 0.2) is 53.7 Å². The first-order chi connectivity index (χ1) is 15.3. The molecule has 0 bridgehead atoms. The number of rotatable bonds is 5. The second-order valence-electron chi connectivity index (χ2n) is 6.33. The Morgan fingerprint density at radius 1 is 1.09 bits per heavy atom. The van der Waals surface area contributed by atoms with Crippen molar-refractivity contribution >= 4 is 5.97 Å². The summed E-state index contributed by atoms with van der Waals surface area (Å²) in [6, 6.07) is 3.87. The lowest BCUT2D eigenvalue weighted by Gasteiger charge is -2.12. The van der Waals surface area contributed by atoms with E-state index in [-0.39, 0.29) is 23.6 Å². The van der Waals surface area contributed by atoms with Gasteiger partial charge in [0.15, 0.2) is 17.3 Å². The molecule has 0 saturated carbocycles. The van der Waals surface area contributed by atoms with Gasteiger partial charge in [-0.1, -0.05) is 5.16 Å². The number of aromatic nitrogens is 5. The molecule has 0 amide bonds. The minimum absolute atomic E-state index is 0.0792. The highest BCUT2D eigenvalue weighted by molar-refractivity contribution is 6.02. The molecule has 0 unspecified atom stereocenters. The third kappa shape index (κ3) is 3.70. The average molecular weight is 447 g/mol. The molecule has 32 heavy (non-hydrogen) atoms. The van der Waals surface area contributed by atoms with E-state index in [0.717, 1.165) is 12.4 Å². The van der Waals surface area contributed by atoms with E-state index >= 15 is 0 Å². The lowest BCUT2D eigenvalue weighted by Crippen LogP contribution is -2.15. The lowest BCUT2D eigenvalue weighted by atomic mass is 10.0. The molecule has 0 aromatic carbocycles. The third-order valence-electron chi connectivity index (χ3n) is 4.39. The Bertz CT molecular complexity index is 1270. The second-order valence-corrected chi connectivity index (χ2v) is 6.33. The Kier molecular flexibility index (Phi) is 5.43. The molecule has 4 heterocycles. The van der Waals surface area contributed by atoms with Gasteiger partial charge in [0.05, 0.1) is 30.3 Å². The molecule has 0 fully saturated rings. The molecule has 0 spiro atoms. The van der Waals surface area contributed by atoms with Gasteiger partial charge in [0.1, 0.15) is 11.3 Å². The molecule has 0 radical (unpaired) electrons. The molecule has 8 nitrogen and oxygen atoms in total. The van der Waals surface area contributed by atoms with Crippen LogP contribution in [0.3, 0.4) is 0 Å². The molecule has 4 aromatic heterocycles. The van der Waals surface area contributed by atoms with Crippen molar-refractivity contribution in [3.8, 4) is 28.3 Å². The van der Waals surface area contributed by atoms with E-state index in [2.05, 4.69) is 20.2 Å². The van der Waals surface area contributed by atoms with Gasteiger partial charge in [-0.25, -0.2) is 13.9 Å². The van der Waals surface area contributed by atoms with Gasteiger partial charge in [-0.05, 0) is 25.1 Å². The van der Waals surface area contributed by atoms with Gasteiger partial charge in [-0.3, -0.25) is 9.97 Å². The van der Waals surface area contributed by atoms with Crippen molar-refractivity contribution in [3.63, 3.8) is 0 Å². The molecular formula is C20H13F4N5O3. The number of carbonyl (C=O) groups is 1. The molecule has 12 heteroatoms. The van der Waals surface area contributed by atoms with Gasteiger partial charge in [0, 0.05) is 24.2 Å². The Labute approximate surface area is 177 Å². The van der Waals surface area contributed by atoms with Gasteiger partial charge in [-0.2, -0.15) is 18.3 Å². The van der Waals surface area contributed by atoms with Crippen LogP contribution in [0.4, 0.5) is 17.6 Å². The molecular weight excluding hydrogens is 434 g/mol. The fourth-order valence-electron chi connectivity index (χ4n) is 3.09. The minimum atomic E-state index is -4.89. The normalized spacial score (nSPS) is 11.5. The van der Waals surface area contributed by atoms with E-state index in [1.807, 2.05) is 0 Å². The molecule has 4 aromatic rings. The van der Waals surface area contributed by atoms with Crippen molar-refractivity contribution in [2.75, 3.05) is 6.61 Å². The quantitative estimate of drug-likeness (QED) is 0.332. The molecule has 4 rings (SSSR count). The Balaban J connectivity index is 1.98. The van der Waals surface area contributed by atoms with Crippen molar-refractivity contribution in [1.29, 1.82) is 0 Å². The van der Waals surface area contributed by atoms with E-state index in [1.165, 1.54) is 43.7 Å². The number of hydrogen-bond donors (Lipinski definition) is 0. The number of esters is 1. The van der Waals surface area contributed by atoms with Crippen molar-refractivity contribution < 1.29 is 31.6 Å². The standard InChI is InChI=1S/C20H13F4N5O3/c1-2-31-19(30)15-16(12-5-8-26-10-14(12)21)28-32-17(15)13-9-27-29(18(13)20(22,23)24)11-3-6-25-7-4-11/h3-10H,2H2,1H3. The number of halogens is 4. The highest BCUT2D eigenvalue weighted by Gasteiger charge is 2.42. The second kappa shape index (κ2) is 8.21. The zero-order valence-corrected chi connectivity index (χ0v) is 16.3. The highest BCUT2D eigenvalue weighted by Crippen LogP contribution is 2.41. The van der Waals surface area contributed by atoms with Gasteiger partial charge in [-0.15, -0.1) is 0 Å². The monoisotopic (exact) mass is 447 g/mol. The maximum Gasteiger partial charge on any atom is 0.434 e. The topological polar surface area (TPSA) is 95.9 Å². The van der Waals surface area contributed by atoms with Crippen LogP contribution in [-0.2, 0) is 10.9 Å². The number of carbonyl (C=O) groups excluding carboxylic acids is 1. The summed E-state index contributed by atoms with van der Waals surface area (Å²) >= 11 is 0. The van der Waals surface area contributed by atoms with Crippen molar-refractivity contribution in [2.45, 2.75) is 13.1 Å². The van der Waals surface area contributed by atoms with E-state index in [0.29, 0.717) is 4.68 Å². The smallest absolute Gasteiger partial charge is 0.434 e. The first-order valence-corrected chi connectivity index (χ1v) is 9.15. The Hall–Kier alpha value is -4.09. The molecule has 0 aliphatic heterocycles. The van der Waals surface area contributed by atoms with Gasteiger partial charge >= 0.3 is 12.1 Å². The summed E-state index contributed by atoms with van der Waals surface area (Å²) in [6.07, 6.45) is 0.722. The first-order valence-electron chi connectivity index (χ1n) is 9.15. The van der Waals surface area contributed by atoms with Crippen LogP contribution < -0.4 is 0 Å². The van der Waals surface area contributed by atoms with Gasteiger partial charge < -0.3 is 9.26 Å². The summed E-state index contributed by atoms with van der Waals surface area (Å²) in [4.78, 5) is 20.1. The fraction of sp³-hybridized carbons (Fsp3) is 0.150. The largest absolute Gasteiger partial charge is 0.462 e. The highest BCUT2D eigenvalue weighted by atomic mass is 19.4. The number of nitrogens with zero attached hydrogens (tertiary/aromatic N) is 5. The average Bonchev–Trinajstić information content (AvgIpc) is 3.39. The van der Waals surface area contributed by atoms with Crippen LogP contribution in [0, 0.1) is 5.82 Å². The SMILES string of the molecule is CCOC(=O)c1c(-c2ccncc2F)noc1-c1cnn(-c2ccncc2)c1C(F)(F)F. The maximum atomic E-state index is 14.3. The molecule has 0 atom stereocenters. The van der Waals surface area contributed by atoms with E-state index < -0.39 is 40.5 Å². The Morgan fingerprint density at radius 3 is 2.47 bits per heavy atom. The summed E-state index contributed by atoms with van der Waals surface area (Å²) in [5, 5.41) is 7.49. The Morgan fingerprint density at radius 2 is 1.81 bits per heavy atom. The molecule has 0 aliphatic carbocycles. The summed E-state index contributed by atoms with van der Waals surface area (Å²) in [5.41, 5.74) is -2.66. The molecule has 164 valence electrons. The zero-order chi connectivity index (χ0) is 22.9. The minimum Gasteiger partial charge on any atom is -0.462 e. The van der Waals surface area contributed by atoms with Gasteiger partial charge in [0.2, 0.25) is 0 Å². The van der Waals surface area contributed by atoms with Crippen molar-refractivity contribution in [2.24, 2.45) is 0 Å². The first kappa shape index (κ1) is 21.2. The van der Waals surface area contributed by atoms with Crippen LogP contribution in [-0.4, -0.2) is 37.5 Å². The summed E-state index contributed by atoms with van der Waals surface area (Å²) in [5.74, 6) is -2.43. The summed E-state index contributed by atoms with van der Waals surface area (Å²) < 4.78 is 67.3. The van der Waals surface area contributed by atoms with Gasteiger partial charge in [0.25, 0.3) is 0 Å². The van der Waals surface area contributed by atoms with Crippen molar-refractivity contribution in [3.05, 3.63) is 66.3 Å². The van der Waals surface area contributed by atoms with Crippen LogP contribution in [0.25, 0.3) is 28.3 Å². The molecule has 0 saturated heterocycles. The van der Waals surface area contributed by atoms with E-state index in [9.17, 15) is 22.4 Å².